The predicted octanol–water partition coefficient (Wildman–Crippen LogP) is 1.90. The van der Waals surface area contributed by atoms with Crippen molar-refractivity contribution in [1.82, 2.24) is 9.80 Å². The van der Waals surface area contributed by atoms with E-state index in [0.717, 1.165) is 33.5 Å². The van der Waals surface area contributed by atoms with Crippen molar-refractivity contribution >= 4 is 34.9 Å². The molecule has 0 aliphatic carbocycles. The molecule has 0 saturated carbocycles. The fourth-order valence-electron chi connectivity index (χ4n) is 2.83. The molecule has 0 spiro atoms. The van der Waals surface area contributed by atoms with Crippen LogP contribution in [0.5, 0.6) is 5.75 Å². The number of benzene rings is 1. The summed E-state index contributed by atoms with van der Waals surface area (Å²) in [7, 11) is 1.60. The average molecular weight is 376 g/mol. The summed E-state index contributed by atoms with van der Waals surface area (Å²) in [5.74, 6) is 0.0820. The minimum atomic E-state index is -0.435. The van der Waals surface area contributed by atoms with E-state index in [-0.39, 0.29) is 12.5 Å². The highest BCUT2D eigenvalue weighted by Gasteiger charge is 2.37. The van der Waals surface area contributed by atoms with Gasteiger partial charge in [-0.15, -0.1) is 0 Å². The third-order valence-electron chi connectivity index (χ3n) is 4.25. The van der Waals surface area contributed by atoms with Gasteiger partial charge in [0.1, 0.15) is 12.3 Å². The van der Waals surface area contributed by atoms with Crippen LogP contribution in [-0.2, 0) is 14.3 Å². The second-order valence-electron chi connectivity index (χ2n) is 5.99. The molecule has 26 heavy (non-hydrogen) atoms. The maximum Gasteiger partial charge on any atom is 0.294 e. The summed E-state index contributed by atoms with van der Waals surface area (Å²) in [6.07, 6.45) is 1.66. The lowest BCUT2D eigenvalue weighted by Crippen LogP contribution is -2.46. The molecule has 7 nitrogen and oxygen atoms in total. The van der Waals surface area contributed by atoms with E-state index < -0.39 is 11.1 Å². The first-order valence-electron chi connectivity index (χ1n) is 8.25. The zero-order valence-electron chi connectivity index (χ0n) is 14.7. The standard InChI is InChI=1S/C18H20N2O5S/c1-12-9-13(3-4-14(12)24-2)10-15-17(22)20(18(23)26-15)11-16(21)19-5-7-25-8-6-19/h3-4,9-10H,5-8,11H2,1-2H3/b15-10+. The van der Waals surface area contributed by atoms with Crippen LogP contribution in [0.25, 0.3) is 6.08 Å². The second kappa shape index (κ2) is 7.92. The molecule has 0 N–H and O–H groups in total. The molecule has 8 heteroatoms. The van der Waals surface area contributed by atoms with Gasteiger partial charge in [-0.05, 0) is 48.0 Å². The normalized spacial score (nSPS) is 19.4. The molecule has 2 fully saturated rings. The van der Waals surface area contributed by atoms with Gasteiger partial charge < -0.3 is 14.4 Å². The lowest BCUT2D eigenvalue weighted by atomic mass is 10.1. The molecule has 1 aromatic carbocycles. The van der Waals surface area contributed by atoms with E-state index in [1.54, 1.807) is 18.1 Å². The Morgan fingerprint density at radius 3 is 2.69 bits per heavy atom. The Kier molecular flexibility index (Phi) is 5.63. The van der Waals surface area contributed by atoms with Gasteiger partial charge in [0.15, 0.2) is 0 Å². The van der Waals surface area contributed by atoms with Crippen LogP contribution in [0.15, 0.2) is 23.1 Å². The Balaban J connectivity index is 1.71. The maximum atomic E-state index is 12.5. The van der Waals surface area contributed by atoms with Crippen LogP contribution in [0.4, 0.5) is 4.79 Å². The first-order valence-corrected chi connectivity index (χ1v) is 9.07. The van der Waals surface area contributed by atoms with E-state index in [9.17, 15) is 14.4 Å². The van der Waals surface area contributed by atoms with Crippen LogP contribution in [0.3, 0.4) is 0 Å². The van der Waals surface area contributed by atoms with E-state index in [4.69, 9.17) is 9.47 Å². The summed E-state index contributed by atoms with van der Waals surface area (Å²) in [6.45, 7) is 3.59. The largest absolute Gasteiger partial charge is 0.496 e. The van der Waals surface area contributed by atoms with E-state index in [1.807, 2.05) is 25.1 Å². The van der Waals surface area contributed by atoms with Gasteiger partial charge in [-0.2, -0.15) is 0 Å². The summed E-state index contributed by atoms with van der Waals surface area (Å²) in [4.78, 5) is 40.0. The Labute approximate surface area is 155 Å². The molecule has 138 valence electrons. The van der Waals surface area contributed by atoms with Crippen LogP contribution < -0.4 is 4.74 Å². The molecule has 0 bridgehead atoms. The number of aryl methyl sites for hydroxylation is 1. The number of hydrogen-bond acceptors (Lipinski definition) is 6. The van der Waals surface area contributed by atoms with Crippen molar-refractivity contribution in [2.24, 2.45) is 0 Å². The number of hydrogen-bond donors (Lipinski definition) is 0. The highest BCUT2D eigenvalue weighted by Crippen LogP contribution is 2.32. The summed E-state index contributed by atoms with van der Waals surface area (Å²) in [5.41, 5.74) is 1.73. The fourth-order valence-corrected chi connectivity index (χ4v) is 3.67. The van der Waals surface area contributed by atoms with Crippen molar-refractivity contribution in [2.75, 3.05) is 40.0 Å². The molecule has 1 aromatic rings. The van der Waals surface area contributed by atoms with Crippen LogP contribution in [0, 0.1) is 6.92 Å². The summed E-state index contributed by atoms with van der Waals surface area (Å²) in [6, 6.07) is 5.51. The topological polar surface area (TPSA) is 76.2 Å². The van der Waals surface area contributed by atoms with Gasteiger partial charge in [-0.3, -0.25) is 19.3 Å². The van der Waals surface area contributed by atoms with Crippen molar-refractivity contribution in [1.29, 1.82) is 0 Å². The fraction of sp³-hybridized carbons (Fsp3) is 0.389. The number of imide groups is 1. The van der Waals surface area contributed by atoms with Crippen molar-refractivity contribution < 1.29 is 23.9 Å². The van der Waals surface area contributed by atoms with Crippen LogP contribution in [0.1, 0.15) is 11.1 Å². The first kappa shape index (κ1) is 18.5. The number of amides is 3. The van der Waals surface area contributed by atoms with Gasteiger partial charge in [0.25, 0.3) is 11.1 Å². The van der Waals surface area contributed by atoms with E-state index in [1.165, 1.54) is 0 Å². The SMILES string of the molecule is COc1ccc(/C=C2/SC(=O)N(CC(=O)N3CCOCC3)C2=O)cc1C. The first-order chi connectivity index (χ1) is 12.5. The minimum Gasteiger partial charge on any atom is -0.496 e. The smallest absolute Gasteiger partial charge is 0.294 e. The molecule has 2 aliphatic rings. The quantitative estimate of drug-likeness (QED) is 0.747. The summed E-state index contributed by atoms with van der Waals surface area (Å²) >= 11 is 0.853. The van der Waals surface area contributed by atoms with E-state index in [0.29, 0.717) is 31.2 Å². The lowest BCUT2D eigenvalue weighted by Gasteiger charge is -2.28. The van der Waals surface area contributed by atoms with Crippen molar-refractivity contribution in [3.63, 3.8) is 0 Å². The van der Waals surface area contributed by atoms with Gasteiger partial charge in [0, 0.05) is 13.1 Å². The molecule has 3 amide bonds. The predicted molar refractivity (Wildman–Crippen MR) is 97.8 cm³/mol. The molecular formula is C18H20N2O5S. The van der Waals surface area contributed by atoms with Crippen molar-refractivity contribution in [3.8, 4) is 5.75 Å². The Bertz CT molecular complexity index is 771. The molecule has 3 rings (SSSR count). The Morgan fingerprint density at radius 1 is 1.31 bits per heavy atom. The van der Waals surface area contributed by atoms with Crippen LogP contribution in [-0.4, -0.2) is 66.8 Å². The monoisotopic (exact) mass is 376 g/mol. The third-order valence-corrected chi connectivity index (χ3v) is 5.15. The summed E-state index contributed by atoms with van der Waals surface area (Å²) < 4.78 is 10.4. The average Bonchev–Trinajstić information content (AvgIpc) is 2.90. The molecule has 2 heterocycles. The second-order valence-corrected chi connectivity index (χ2v) is 6.98. The van der Waals surface area contributed by atoms with Gasteiger partial charge >= 0.3 is 0 Å². The molecule has 0 radical (unpaired) electrons. The number of carbonyl (C=O) groups excluding carboxylic acids is 3. The van der Waals surface area contributed by atoms with Gasteiger partial charge in [-0.25, -0.2) is 0 Å². The Morgan fingerprint density at radius 2 is 2.04 bits per heavy atom. The maximum absolute atomic E-state index is 12.5. The molecule has 2 saturated heterocycles. The lowest BCUT2D eigenvalue weighted by molar-refractivity contribution is -0.139. The number of nitrogens with zero attached hydrogens (tertiary/aromatic N) is 2. The van der Waals surface area contributed by atoms with E-state index >= 15 is 0 Å². The van der Waals surface area contributed by atoms with Crippen molar-refractivity contribution in [3.05, 3.63) is 34.2 Å². The minimum absolute atomic E-state index is 0.232. The number of rotatable bonds is 4. The Hall–Kier alpha value is -2.32. The number of methoxy groups -OCH3 is 1. The number of ether oxygens (including phenoxy) is 2. The van der Waals surface area contributed by atoms with Crippen LogP contribution >= 0.6 is 11.8 Å². The van der Waals surface area contributed by atoms with Crippen molar-refractivity contribution in [2.45, 2.75) is 6.92 Å². The van der Waals surface area contributed by atoms with Gasteiger partial charge in [0.2, 0.25) is 5.91 Å². The molecule has 2 aliphatic heterocycles. The highest BCUT2D eigenvalue weighted by molar-refractivity contribution is 8.18. The summed E-state index contributed by atoms with van der Waals surface area (Å²) in [5, 5.41) is -0.423. The molecule has 0 aromatic heterocycles. The van der Waals surface area contributed by atoms with Gasteiger partial charge in [-0.1, -0.05) is 6.07 Å². The molecular weight excluding hydrogens is 356 g/mol. The van der Waals surface area contributed by atoms with Gasteiger partial charge in [0.05, 0.1) is 25.2 Å². The van der Waals surface area contributed by atoms with Crippen LogP contribution in [0.2, 0.25) is 0 Å². The zero-order valence-corrected chi connectivity index (χ0v) is 15.5. The highest BCUT2D eigenvalue weighted by atomic mass is 32.2. The molecule has 0 unspecified atom stereocenters. The number of carbonyl (C=O) groups is 3. The number of thioether (sulfide) groups is 1. The molecule has 0 atom stereocenters. The number of morpholine rings is 1. The van der Waals surface area contributed by atoms with E-state index in [2.05, 4.69) is 0 Å². The zero-order chi connectivity index (χ0) is 18.7. The third kappa shape index (κ3) is 3.91.